The minimum atomic E-state index is -1.60. The van der Waals surface area contributed by atoms with E-state index in [-0.39, 0.29) is 12.5 Å². The van der Waals surface area contributed by atoms with E-state index in [9.17, 15) is 14.7 Å². The summed E-state index contributed by atoms with van der Waals surface area (Å²) in [6.07, 6.45) is 0.150. The Kier molecular flexibility index (Phi) is 6.23. The molecule has 0 fully saturated rings. The summed E-state index contributed by atoms with van der Waals surface area (Å²) >= 11 is 0. The lowest BCUT2D eigenvalue weighted by molar-refractivity contribution is -0.144. The van der Waals surface area contributed by atoms with Gasteiger partial charge in [-0.3, -0.25) is 0 Å². The molecule has 33 heavy (non-hydrogen) atoms. The van der Waals surface area contributed by atoms with Crippen LogP contribution in [0.2, 0.25) is 0 Å². The molecule has 0 radical (unpaired) electrons. The second-order valence-electron chi connectivity index (χ2n) is 9.18. The van der Waals surface area contributed by atoms with Crippen LogP contribution in [0.3, 0.4) is 0 Å². The van der Waals surface area contributed by atoms with Gasteiger partial charge in [-0.15, -0.1) is 0 Å². The molecule has 0 spiro atoms. The molecular weight excluding hydrogens is 414 g/mol. The predicted octanol–water partition coefficient (Wildman–Crippen LogP) is 5.72. The lowest BCUT2D eigenvalue weighted by Crippen LogP contribution is -2.49. The summed E-state index contributed by atoms with van der Waals surface area (Å²) in [4.78, 5) is 24.9. The first-order valence-electron chi connectivity index (χ1n) is 11.3. The summed E-state index contributed by atoms with van der Waals surface area (Å²) in [6.45, 7) is 5.87. The number of amides is 1. The van der Waals surface area contributed by atoms with Crippen LogP contribution < -0.4 is 5.32 Å². The second kappa shape index (κ2) is 9.10. The standard InChI is InChI=1S/C28H29NO4/c1-18(2)16-19-12-14-20(15-13-19)28(3,26(30)31)29-27(32)33-17-25-23-10-6-4-8-21(23)22-9-5-7-11-24(22)25/h4-15,18,25H,16-17H2,1-3H3,(H,29,32)(H,30,31). The van der Waals surface area contributed by atoms with Crippen LogP contribution in [0.1, 0.15) is 48.9 Å². The van der Waals surface area contributed by atoms with Crippen LogP contribution in [0.25, 0.3) is 11.1 Å². The van der Waals surface area contributed by atoms with Crippen molar-refractivity contribution in [2.75, 3.05) is 6.61 Å². The van der Waals surface area contributed by atoms with E-state index >= 15 is 0 Å². The van der Waals surface area contributed by atoms with E-state index in [0.29, 0.717) is 11.5 Å². The number of aliphatic carboxylic acids is 1. The predicted molar refractivity (Wildman–Crippen MR) is 128 cm³/mol. The van der Waals surface area contributed by atoms with Gasteiger partial charge >= 0.3 is 12.1 Å². The number of carbonyl (C=O) groups is 2. The quantitative estimate of drug-likeness (QED) is 0.489. The number of carboxylic acids is 1. The van der Waals surface area contributed by atoms with Crippen molar-refractivity contribution in [3.8, 4) is 11.1 Å². The fourth-order valence-electron chi connectivity index (χ4n) is 4.53. The number of ether oxygens (including phenoxy) is 1. The number of carboxylic acid groups (broad SMARTS) is 1. The van der Waals surface area contributed by atoms with Crippen LogP contribution in [0.5, 0.6) is 0 Å². The zero-order chi connectivity index (χ0) is 23.6. The van der Waals surface area contributed by atoms with E-state index in [4.69, 9.17) is 4.74 Å². The number of hydrogen-bond donors (Lipinski definition) is 2. The molecule has 1 atom stereocenters. The zero-order valence-electron chi connectivity index (χ0n) is 19.2. The highest BCUT2D eigenvalue weighted by Crippen LogP contribution is 2.44. The number of nitrogens with one attached hydrogen (secondary N) is 1. The number of benzene rings is 3. The first-order chi connectivity index (χ1) is 15.8. The number of alkyl carbamates (subject to hydrolysis) is 1. The number of rotatable bonds is 7. The maximum Gasteiger partial charge on any atom is 0.408 e. The van der Waals surface area contributed by atoms with Crippen molar-refractivity contribution < 1.29 is 19.4 Å². The SMILES string of the molecule is CC(C)Cc1ccc(C(C)(NC(=O)OCC2c3ccccc3-c3ccccc32)C(=O)O)cc1. The molecule has 1 aliphatic rings. The van der Waals surface area contributed by atoms with E-state index < -0.39 is 17.6 Å². The second-order valence-corrected chi connectivity index (χ2v) is 9.18. The molecule has 1 amide bonds. The average molecular weight is 444 g/mol. The molecule has 4 rings (SSSR count). The third-order valence-corrected chi connectivity index (χ3v) is 6.30. The van der Waals surface area contributed by atoms with E-state index in [0.717, 1.165) is 34.2 Å². The Labute approximate surface area is 194 Å². The Bertz CT molecular complexity index is 1120. The zero-order valence-corrected chi connectivity index (χ0v) is 19.2. The monoisotopic (exact) mass is 443 g/mol. The number of fused-ring (bicyclic) bond motifs is 3. The van der Waals surface area contributed by atoms with Gasteiger partial charge < -0.3 is 15.2 Å². The van der Waals surface area contributed by atoms with Crippen molar-refractivity contribution in [3.63, 3.8) is 0 Å². The molecule has 1 aliphatic carbocycles. The van der Waals surface area contributed by atoms with Gasteiger partial charge in [0.1, 0.15) is 6.61 Å². The van der Waals surface area contributed by atoms with E-state index in [2.05, 4.69) is 31.3 Å². The summed E-state index contributed by atoms with van der Waals surface area (Å²) in [7, 11) is 0. The fourth-order valence-corrected chi connectivity index (χ4v) is 4.53. The summed E-state index contributed by atoms with van der Waals surface area (Å²) < 4.78 is 5.57. The number of carbonyl (C=O) groups excluding carboxylic acids is 1. The van der Waals surface area contributed by atoms with Crippen molar-refractivity contribution >= 4 is 12.1 Å². The number of hydrogen-bond acceptors (Lipinski definition) is 3. The maximum atomic E-state index is 12.7. The normalized spacial score (nSPS) is 14.3. The molecule has 0 heterocycles. The van der Waals surface area contributed by atoms with Gasteiger partial charge in [-0.05, 0) is 52.6 Å². The van der Waals surface area contributed by atoms with Crippen molar-refractivity contribution in [3.05, 3.63) is 95.1 Å². The molecule has 170 valence electrons. The van der Waals surface area contributed by atoms with Gasteiger partial charge in [-0.1, -0.05) is 86.6 Å². The minimum Gasteiger partial charge on any atom is -0.479 e. The molecule has 5 nitrogen and oxygen atoms in total. The van der Waals surface area contributed by atoms with Crippen molar-refractivity contribution in [2.45, 2.75) is 38.6 Å². The maximum absolute atomic E-state index is 12.7. The molecule has 1 unspecified atom stereocenters. The molecule has 0 bridgehead atoms. The van der Waals surface area contributed by atoms with E-state index in [1.54, 1.807) is 12.1 Å². The van der Waals surface area contributed by atoms with Crippen LogP contribution in [-0.2, 0) is 21.5 Å². The molecule has 2 N–H and O–H groups in total. The Morgan fingerprint density at radius 3 is 2.00 bits per heavy atom. The summed E-state index contributed by atoms with van der Waals surface area (Å²) in [5.41, 5.74) is 4.51. The Hall–Kier alpha value is -3.60. The largest absolute Gasteiger partial charge is 0.479 e. The highest BCUT2D eigenvalue weighted by molar-refractivity contribution is 5.85. The van der Waals surface area contributed by atoms with Gasteiger partial charge in [0, 0.05) is 5.92 Å². The lowest BCUT2D eigenvalue weighted by atomic mass is 9.90. The van der Waals surface area contributed by atoms with Crippen molar-refractivity contribution in [1.29, 1.82) is 0 Å². The highest BCUT2D eigenvalue weighted by Gasteiger charge is 2.38. The highest BCUT2D eigenvalue weighted by atomic mass is 16.5. The third kappa shape index (κ3) is 4.49. The van der Waals surface area contributed by atoms with Gasteiger partial charge in [0.25, 0.3) is 0 Å². The first-order valence-corrected chi connectivity index (χ1v) is 11.3. The average Bonchev–Trinajstić information content (AvgIpc) is 3.11. The topological polar surface area (TPSA) is 75.6 Å². The van der Waals surface area contributed by atoms with Crippen LogP contribution in [0.15, 0.2) is 72.8 Å². The van der Waals surface area contributed by atoms with Crippen molar-refractivity contribution in [2.24, 2.45) is 5.92 Å². The molecule has 0 aliphatic heterocycles. The third-order valence-electron chi connectivity index (χ3n) is 6.30. The molecule has 0 saturated heterocycles. The minimum absolute atomic E-state index is 0.0884. The van der Waals surface area contributed by atoms with Gasteiger partial charge in [0.15, 0.2) is 5.54 Å². The fraction of sp³-hybridized carbons (Fsp3) is 0.286. The molecule has 3 aromatic rings. The Balaban J connectivity index is 1.49. The molecule has 0 aromatic heterocycles. The lowest BCUT2D eigenvalue weighted by Gasteiger charge is -2.27. The smallest absolute Gasteiger partial charge is 0.408 e. The molecule has 0 saturated carbocycles. The van der Waals surface area contributed by atoms with Crippen molar-refractivity contribution in [1.82, 2.24) is 5.32 Å². The Morgan fingerprint density at radius 1 is 0.939 bits per heavy atom. The van der Waals surface area contributed by atoms with Gasteiger partial charge in [0.05, 0.1) is 0 Å². The van der Waals surface area contributed by atoms with E-state index in [1.807, 2.05) is 48.5 Å². The first kappa shape index (κ1) is 22.6. The van der Waals surface area contributed by atoms with Crippen LogP contribution in [0, 0.1) is 5.92 Å². The van der Waals surface area contributed by atoms with Gasteiger partial charge in [-0.2, -0.15) is 0 Å². The van der Waals surface area contributed by atoms with Gasteiger partial charge in [0.2, 0.25) is 0 Å². The molecule has 3 aromatic carbocycles. The summed E-state index contributed by atoms with van der Waals surface area (Å²) in [6, 6.07) is 23.5. The van der Waals surface area contributed by atoms with Crippen LogP contribution in [0.4, 0.5) is 4.79 Å². The molecule has 5 heteroatoms. The summed E-state index contributed by atoms with van der Waals surface area (Å²) in [5.74, 6) is -0.733. The van der Waals surface area contributed by atoms with Crippen LogP contribution >= 0.6 is 0 Å². The van der Waals surface area contributed by atoms with Gasteiger partial charge in [-0.25, -0.2) is 9.59 Å². The summed E-state index contributed by atoms with van der Waals surface area (Å²) in [5, 5.41) is 12.5. The van der Waals surface area contributed by atoms with E-state index in [1.165, 1.54) is 6.92 Å². The Morgan fingerprint density at radius 2 is 1.48 bits per heavy atom. The molecular formula is C28H29NO4. The van der Waals surface area contributed by atoms with Crippen LogP contribution in [-0.4, -0.2) is 23.8 Å².